The average Bonchev–Trinajstić information content (AvgIpc) is 2.63. The minimum Gasteiger partial charge on any atom is -0.316 e. The Hall–Kier alpha value is -0.0800. The highest BCUT2D eigenvalue weighted by Crippen LogP contribution is 2.29. The molecular formula is C21H40N2. The monoisotopic (exact) mass is 320 g/mol. The van der Waals surface area contributed by atoms with E-state index in [2.05, 4.69) is 10.6 Å². The lowest BCUT2D eigenvalue weighted by Gasteiger charge is -2.31. The molecule has 3 aliphatic carbocycles. The van der Waals surface area contributed by atoms with Crippen molar-refractivity contribution in [2.75, 3.05) is 19.6 Å². The Bertz CT molecular complexity index is 297. The number of rotatable bonds is 7. The molecule has 2 heteroatoms. The van der Waals surface area contributed by atoms with Gasteiger partial charge in [0.1, 0.15) is 0 Å². The van der Waals surface area contributed by atoms with Gasteiger partial charge in [-0.3, -0.25) is 0 Å². The van der Waals surface area contributed by atoms with Gasteiger partial charge in [-0.25, -0.2) is 0 Å². The summed E-state index contributed by atoms with van der Waals surface area (Å²) in [4.78, 5) is 0. The van der Waals surface area contributed by atoms with E-state index in [0.29, 0.717) is 0 Å². The standard InChI is InChI=1S/C21H40N2/c1-3-7-18(8-4-1)15-22-16-19-11-13-20(14-12-19)17-23-21-9-5-2-6-10-21/h18-23H,1-17H2. The summed E-state index contributed by atoms with van der Waals surface area (Å²) in [5, 5.41) is 7.68. The summed E-state index contributed by atoms with van der Waals surface area (Å²) < 4.78 is 0. The fourth-order valence-corrected chi connectivity index (χ4v) is 5.16. The molecule has 3 saturated carbocycles. The Morgan fingerprint density at radius 3 is 1.57 bits per heavy atom. The molecule has 0 amide bonds. The molecule has 0 aromatic rings. The van der Waals surface area contributed by atoms with Crippen LogP contribution in [0.2, 0.25) is 0 Å². The van der Waals surface area contributed by atoms with Crippen LogP contribution < -0.4 is 10.6 Å². The Kier molecular flexibility index (Phi) is 7.74. The molecule has 0 atom stereocenters. The van der Waals surface area contributed by atoms with Crippen LogP contribution >= 0.6 is 0 Å². The lowest BCUT2D eigenvalue weighted by molar-refractivity contribution is 0.241. The summed E-state index contributed by atoms with van der Waals surface area (Å²) >= 11 is 0. The van der Waals surface area contributed by atoms with Crippen LogP contribution in [0.5, 0.6) is 0 Å². The van der Waals surface area contributed by atoms with Gasteiger partial charge in [0, 0.05) is 6.04 Å². The van der Waals surface area contributed by atoms with Crippen LogP contribution in [0.15, 0.2) is 0 Å². The van der Waals surface area contributed by atoms with Gasteiger partial charge in [0.25, 0.3) is 0 Å². The molecule has 0 unspecified atom stereocenters. The summed E-state index contributed by atoms with van der Waals surface area (Å²) in [6.07, 6.45) is 20.5. The number of hydrogen-bond donors (Lipinski definition) is 2. The summed E-state index contributed by atoms with van der Waals surface area (Å²) in [7, 11) is 0. The Balaban J connectivity index is 1.22. The van der Waals surface area contributed by atoms with E-state index in [-0.39, 0.29) is 0 Å². The Morgan fingerprint density at radius 2 is 0.957 bits per heavy atom. The van der Waals surface area contributed by atoms with Crippen LogP contribution in [0.3, 0.4) is 0 Å². The first-order valence-corrected chi connectivity index (χ1v) is 10.8. The summed E-state index contributed by atoms with van der Waals surface area (Å²) in [5.41, 5.74) is 0. The van der Waals surface area contributed by atoms with Crippen molar-refractivity contribution in [3.63, 3.8) is 0 Å². The summed E-state index contributed by atoms with van der Waals surface area (Å²) in [5.74, 6) is 2.91. The molecule has 2 nitrogen and oxygen atoms in total. The van der Waals surface area contributed by atoms with Gasteiger partial charge in [-0.15, -0.1) is 0 Å². The topological polar surface area (TPSA) is 24.1 Å². The molecule has 0 saturated heterocycles. The second-order valence-corrected chi connectivity index (χ2v) is 8.79. The summed E-state index contributed by atoms with van der Waals surface area (Å²) in [6, 6.07) is 0.846. The van der Waals surface area contributed by atoms with Gasteiger partial charge in [0.2, 0.25) is 0 Å². The van der Waals surface area contributed by atoms with Crippen molar-refractivity contribution >= 4 is 0 Å². The fraction of sp³-hybridized carbons (Fsp3) is 1.00. The molecule has 0 spiro atoms. The van der Waals surface area contributed by atoms with Gasteiger partial charge in [0.05, 0.1) is 0 Å². The minimum atomic E-state index is 0.846. The van der Waals surface area contributed by atoms with Crippen molar-refractivity contribution in [2.24, 2.45) is 17.8 Å². The van der Waals surface area contributed by atoms with Gasteiger partial charge in [-0.05, 0) is 88.8 Å². The Morgan fingerprint density at radius 1 is 0.478 bits per heavy atom. The highest BCUT2D eigenvalue weighted by molar-refractivity contribution is 4.79. The van der Waals surface area contributed by atoms with Crippen LogP contribution in [0.25, 0.3) is 0 Å². The molecule has 0 bridgehead atoms. The normalized spacial score (nSPS) is 31.3. The second kappa shape index (κ2) is 10.0. The van der Waals surface area contributed by atoms with Crippen molar-refractivity contribution in [3.8, 4) is 0 Å². The quantitative estimate of drug-likeness (QED) is 0.698. The lowest BCUT2D eigenvalue weighted by Crippen LogP contribution is -2.37. The van der Waals surface area contributed by atoms with Crippen molar-refractivity contribution in [1.29, 1.82) is 0 Å². The second-order valence-electron chi connectivity index (χ2n) is 8.79. The Labute approximate surface area is 144 Å². The molecule has 3 aliphatic rings. The molecule has 0 heterocycles. The fourth-order valence-electron chi connectivity index (χ4n) is 5.16. The lowest BCUT2D eigenvalue weighted by atomic mass is 9.81. The number of nitrogens with one attached hydrogen (secondary N) is 2. The van der Waals surface area contributed by atoms with E-state index in [4.69, 9.17) is 0 Å². The van der Waals surface area contributed by atoms with Crippen LogP contribution in [0.1, 0.15) is 89.9 Å². The SMILES string of the molecule is C1CCC(CNCC2CCC(CNC3CCCCC3)CC2)CC1. The molecule has 3 rings (SSSR count). The molecule has 0 aromatic heterocycles. The molecule has 3 fully saturated rings. The predicted molar refractivity (Wildman–Crippen MR) is 99.8 cm³/mol. The van der Waals surface area contributed by atoms with Gasteiger partial charge in [0.15, 0.2) is 0 Å². The predicted octanol–water partition coefficient (Wildman–Crippen LogP) is 4.89. The van der Waals surface area contributed by atoms with E-state index in [0.717, 1.165) is 23.8 Å². The van der Waals surface area contributed by atoms with E-state index in [1.54, 1.807) is 0 Å². The summed E-state index contributed by atoms with van der Waals surface area (Å²) in [6.45, 7) is 3.88. The van der Waals surface area contributed by atoms with Crippen LogP contribution in [0.4, 0.5) is 0 Å². The average molecular weight is 321 g/mol. The van der Waals surface area contributed by atoms with E-state index >= 15 is 0 Å². The van der Waals surface area contributed by atoms with Gasteiger partial charge in [-0.2, -0.15) is 0 Å². The first-order valence-electron chi connectivity index (χ1n) is 10.8. The van der Waals surface area contributed by atoms with Crippen molar-refractivity contribution in [2.45, 2.75) is 95.9 Å². The van der Waals surface area contributed by atoms with Gasteiger partial charge in [-0.1, -0.05) is 38.5 Å². The third-order valence-corrected chi connectivity index (χ3v) is 6.86. The number of hydrogen-bond acceptors (Lipinski definition) is 2. The van der Waals surface area contributed by atoms with E-state index in [1.165, 1.54) is 110 Å². The van der Waals surface area contributed by atoms with E-state index in [1.807, 2.05) is 0 Å². The van der Waals surface area contributed by atoms with Crippen molar-refractivity contribution in [3.05, 3.63) is 0 Å². The van der Waals surface area contributed by atoms with Crippen LogP contribution in [-0.2, 0) is 0 Å². The first-order chi connectivity index (χ1) is 11.4. The third kappa shape index (κ3) is 6.38. The first kappa shape index (κ1) is 17.7. The maximum absolute atomic E-state index is 3.88. The third-order valence-electron chi connectivity index (χ3n) is 6.86. The molecule has 134 valence electrons. The zero-order valence-corrected chi connectivity index (χ0v) is 15.3. The highest BCUT2D eigenvalue weighted by atomic mass is 14.9. The largest absolute Gasteiger partial charge is 0.316 e. The van der Waals surface area contributed by atoms with Crippen LogP contribution in [0, 0.1) is 17.8 Å². The molecule has 23 heavy (non-hydrogen) atoms. The molecule has 2 N–H and O–H groups in total. The smallest absolute Gasteiger partial charge is 0.00671 e. The van der Waals surface area contributed by atoms with Gasteiger partial charge >= 0.3 is 0 Å². The highest BCUT2D eigenvalue weighted by Gasteiger charge is 2.22. The molecule has 0 aromatic carbocycles. The maximum atomic E-state index is 3.88. The molecule has 0 radical (unpaired) electrons. The maximum Gasteiger partial charge on any atom is 0.00671 e. The molecular weight excluding hydrogens is 280 g/mol. The van der Waals surface area contributed by atoms with Crippen molar-refractivity contribution < 1.29 is 0 Å². The van der Waals surface area contributed by atoms with E-state index in [9.17, 15) is 0 Å². The van der Waals surface area contributed by atoms with Crippen LogP contribution in [-0.4, -0.2) is 25.7 Å². The van der Waals surface area contributed by atoms with Crippen molar-refractivity contribution in [1.82, 2.24) is 10.6 Å². The zero-order valence-electron chi connectivity index (χ0n) is 15.3. The minimum absolute atomic E-state index is 0.846. The van der Waals surface area contributed by atoms with E-state index < -0.39 is 0 Å². The molecule has 0 aliphatic heterocycles. The zero-order chi connectivity index (χ0) is 15.7. The van der Waals surface area contributed by atoms with Gasteiger partial charge < -0.3 is 10.6 Å².